The molecule has 0 aromatic heterocycles. The van der Waals surface area contributed by atoms with E-state index in [0.29, 0.717) is 0 Å². The van der Waals surface area contributed by atoms with Crippen molar-refractivity contribution in [2.75, 3.05) is 0 Å². The molecule has 5 heteroatoms. The third-order valence-corrected chi connectivity index (χ3v) is 2.87. The highest BCUT2D eigenvalue weighted by molar-refractivity contribution is 6.21. The van der Waals surface area contributed by atoms with Gasteiger partial charge in [0.25, 0.3) is 0 Å². The number of rotatable bonds is 1. The van der Waals surface area contributed by atoms with Gasteiger partial charge in [-0.1, -0.05) is 41.5 Å². The lowest BCUT2D eigenvalue weighted by molar-refractivity contribution is -0.387. The zero-order valence-corrected chi connectivity index (χ0v) is 10.3. The second-order valence-corrected chi connectivity index (χ2v) is 6.10. The Balaban J connectivity index is 3.13. The van der Waals surface area contributed by atoms with Crippen LogP contribution >= 0.6 is 0 Å². The van der Waals surface area contributed by atoms with E-state index in [4.69, 9.17) is 9.31 Å². The molecule has 1 heterocycles. The summed E-state index contributed by atoms with van der Waals surface area (Å²) < 4.78 is 38.8. The van der Waals surface area contributed by atoms with Crippen LogP contribution in [-0.2, 0) is 9.31 Å². The van der Waals surface area contributed by atoms with Gasteiger partial charge in [0.15, 0.2) is 0 Å². The monoisotopic (exact) mass is 220 g/mol. The first kappa shape index (κ1) is 12.9. The Morgan fingerprint density at radius 2 is 1.33 bits per heavy atom. The minimum Gasteiger partial charge on any atom is -0.382 e. The van der Waals surface area contributed by atoms with E-state index in [2.05, 4.69) is 0 Å². The molecule has 1 saturated heterocycles. The highest BCUT2D eigenvalue weighted by atomic mass is 19.3. The summed E-state index contributed by atoms with van der Waals surface area (Å²) in [5.74, 6) is -4.82. The maximum absolute atomic E-state index is 14.3. The SMILES string of the molecule is CC(C)(C)C(F)(F)C1(C(C)(C)C)OBO1. The molecule has 0 saturated carbocycles. The molecule has 0 radical (unpaired) electrons. The van der Waals surface area contributed by atoms with Crippen molar-refractivity contribution < 1.29 is 18.1 Å². The van der Waals surface area contributed by atoms with Gasteiger partial charge in [-0.2, -0.15) is 0 Å². The minimum absolute atomic E-state index is 0.0526. The fourth-order valence-corrected chi connectivity index (χ4v) is 1.76. The molecule has 2 nitrogen and oxygen atoms in total. The van der Waals surface area contributed by atoms with E-state index in [1.807, 2.05) is 0 Å². The van der Waals surface area contributed by atoms with E-state index < -0.39 is 22.5 Å². The highest BCUT2D eigenvalue weighted by Crippen LogP contribution is 2.56. The van der Waals surface area contributed by atoms with Crippen molar-refractivity contribution in [3.63, 3.8) is 0 Å². The maximum atomic E-state index is 14.3. The van der Waals surface area contributed by atoms with Gasteiger partial charge < -0.3 is 9.31 Å². The van der Waals surface area contributed by atoms with Crippen LogP contribution < -0.4 is 0 Å². The number of hydrogen-bond acceptors (Lipinski definition) is 2. The predicted octanol–water partition coefficient (Wildman–Crippen LogP) is 2.72. The van der Waals surface area contributed by atoms with Gasteiger partial charge in [0, 0.05) is 10.8 Å². The van der Waals surface area contributed by atoms with Gasteiger partial charge in [-0.25, -0.2) is 8.78 Å². The number of halogens is 2. The first-order valence-electron chi connectivity index (χ1n) is 5.11. The molecular formula is C10H19BF2O2. The summed E-state index contributed by atoms with van der Waals surface area (Å²) in [6.45, 7) is 9.58. The van der Waals surface area contributed by atoms with Crippen LogP contribution in [0.2, 0.25) is 0 Å². The molecule has 1 fully saturated rings. The fraction of sp³-hybridized carbons (Fsp3) is 1.00. The van der Waals surface area contributed by atoms with Crippen molar-refractivity contribution in [1.29, 1.82) is 0 Å². The lowest BCUT2D eigenvalue weighted by Gasteiger charge is -2.57. The molecule has 1 aliphatic heterocycles. The Morgan fingerprint density at radius 3 is 1.40 bits per heavy atom. The molecule has 0 atom stereocenters. The normalized spacial score (nSPS) is 21.9. The second-order valence-electron chi connectivity index (χ2n) is 6.10. The van der Waals surface area contributed by atoms with Crippen molar-refractivity contribution in [1.82, 2.24) is 0 Å². The van der Waals surface area contributed by atoms with Gasteiger partial charge >= 0.3 is 13.6 Å². The molecule has 1 aliphatic rings. The van der Waals surface area contributed by atoms with Crippen LogP contribution in [0.3, 0.4) is 0 Å². The second kappa shape index (κ2) is 3.17. The van der Waals surface area contributed by atoms with E-state index in [1.54, 1.807) is 20.8 Å². The van der Waals surface area contributed by atoms with Gasteiger partial charge in [-0.3, -0.25) is 0 Å². The Morgan fingerprint density at radius 1 is 0.933 bits per heavy atom. The molecule has 1 rings (SSSR count). The van der Waals surface area contributed by atoms with Crippen molar-refractivity contribution in [2.24, 2.45) is 10.8 Å². The molecular weight excluding hydrogens is 201 g/mol. The third kappa shape index (κ3) is 1.60. The summed E-state index contributed by atoms with van der Waals surface area (Å²) in [7, 11) is -0.0526. The van der Waals surface area contributed by atoms with Crippen molar-refractivity contribution in [3.8, 4) is 0 Å². The molecule has 0 N–H and O–H groups in total. The van der Waals surface area contributed by atoms with E-state index in [-0.39, 0.29) is 7.69 Å². The van der Waals surface area contributed by atoms with Gasteiger partial charge in [-0.05, 0) is 0 Å². The topological polar surface area (TPSA) is 18.5 Å². The lowest BCUT2D eigenvalue weighted by Crippen LogP contribution is -2.71. The van der Waals surface area contributed by atoms with Crippen LogP contribution in [0.25, 0.3) is 0 Å². The summed E-state index contributed by atoms with van der Waals surface area (Å²) in [5.41, 5.74) is -1.96. The van der Waals surface area contributed by atoms with Crippen LogP contribution in [-0.4, -0.2) is 19.4 Å². The summed E-state index contributed by atoms with van der Waals surface area (Å²) in [6.07, 6.45) is 0. The maximum Gasteiger partial charge on any atom is 0.442 e. The lowest BCUT2D eigenvalue weighted by atomic mass is 9.70. The van der Waals surface area contributed by atoms with Gasteiger partial charge in [0.2, 0.25) is 5.79 Å². The van der Waals surface area contributed by atoms with Crippen molar-refractivity contribution in [2.45, 2.75) is 53.3 Å². The molecule has 0 bridgehead atoms. The summed E-state index contributed by atoms with van der Waals surface area (Å²) in [6, 6.07) is 0. The predicted molar refractivity (Wildman–Crippen MR) is 55.9 cm³/mol. The Kier molecular flexibility index (Phi) is 2.73. The largest absolute Gasteiger partial charge is 0.442 e. The van der Waals surface area contributed by atoms with Crippen LogP contribution in [0, 0.1) is 10.8 Å². The minimum atomic E-state index is -3.03. The number of alkyl halides is 2. The molecule has 0 amide bonds. The van der Waals surface area contributed by atoms with E-state index in [0.717, 1.165) is 0 Å². The molecule has 0 aromatic carbocycles. The molecule has 0 unspecified atom stereocenters. The van der Waals surface area contributed by atoms with Crippen LogP contribution in [0.4, 0.5) is 8.78 Å². The van der Waals surface area contributed by atoms with Crippen LogP contribution in [0.15, 0.2) is 0 Å². The van der Waals surface area contributed by atoms with Crippen LogP contribution in [0.1, 0.15) is 41.5 Å². The standard InChI is InChI=1S/C10H19BF2O2/c1-7(2,3)9(12,13)10(8(4,5)6)14-11-15-10/h11H,1-6H3. The van der Waals surface area contributed by atoms with E-state index >= 15 is 0 Å². The summed E-state index contributed by atoms with van der Waals surface area (Å²) >= 11 is 0. The zero-order valence-electron chi connectivity index (χ0n) is 10.3. The van der Waals surface area contributed by atoms with Crippen LogP contribution in [0.5, 0.6) is 0 Å². The third-order valence-electron chi connectivity index (χ3n) is 2.87. The summed E-state index contributed by atoms with van der Waals surface area (Å²) in [4.78, 5) is 0. The highest BCUT2D eigenvalue weighted by Gasteiger charge is 2.70. The van der Waals surface area contributed by atoms with Gasteiger partial charge in [0.1, 0.15) is 0 Å². The quantitative estimate of drug-likeness (QED) is 0.632. The van der Waals surface area contributed by atoms with Gasteiger partial charge in [-0.15, -0.1) is 0 Å². The van der Waals surface area contributed by atoms with Crippen molar-refractivity contribution in [3.05, 3.63) is 0 Å². The van der Waals surface area contributed by atoms with E-state index in [1.165, 1.54) is 20.8 Å². The average Bonchev–Trinajstić information content (AvgIpc) is 1.74. The zero-order chi connectivity index (χ0) is 12.1. The first-order chi connectivity index (χ1) is 6.46. The molecule has 0 aromatic rings. The van der Waals surface area contributed by atoms with Gasteiger partial charge in [0.05, 0.1) is 0 Å². The number of hydrogen-bond donors (Lipinski definition) is 0. The molecule has 88 valence electrons. The molecule has 15 heavy (non-hydrogen) atoms. The smallest absolute Gasteiger partial charge is 0.382 e. The molecule has 0 spiro atoms. The molecule has 0 aliphatic carbocycles. The Hall–Kier alpha value is -0.155. The first-order valence-corrected chi connectivity index (χ1v) is 5.11. The van der Waals surface area contributed by atoms with E-state index in [9.17, 15) is 8.78 Å². The summed E-state index contributed by atoms with van der Waals surface area (Å²) in [5, 5.41) is 0. The van der Waals surface area contributed by atoms with Crippen molar-refractivity contribution >= 4 is 7.69 Å². The average molecular weight is 220 g/mol. The Labute approximate surface area is 90.6 Å². The fourth-order valence-electron chi connectivity index (χ4n) is 1.76. The Bertz CT molecular complexity index is 249.